The maximum absolute atomic E-state index is 11.3. The number of carboxylic acids is 1. The molecule has 2 aliphatic carbocycles. The summed E-state index contributed by atoms with van der Waals surface area (Å²) in [6, 6.07) is 0. The van der Waals surface area contributed by atoms with E-state index in [1.165, 1.54) is 5.56 Å². The fraction of sp³-hybridized carbons (Fsp3) is 0.500. The van der Waals surface area contributed by atoms with Gasteiger partial charge in [-0.3, -0.25) is 0 Å². The van der Waals surface area contributed by atoms with Crippen molar-refractivity contribution in [3.8, 4) is 0 Å². The van der Waals surface area contributed by atoms with Crippen molar-refractivity contribution in [2.24, 2.45) is 0 Å². The number of halogens is 1. The van der Waals surface area contributed by atoms with E-state index in [0.717, 1.165) is 43.4 Å². The Morgan fingerprint density at radius 2 is 2.12 bits per heavy atom. The number of aromatic nitrogens is 1. The first-order valence-electron chi connectivity index (χ1n) is 5.63. The molecule has 1 N–H and O–H groups in total. The van der Waals surface area contributed by atoms with Gasteiger partial charge in [-0.15, -0.1) is 0 Å². The fourth-order valence-electron chi connectivity index (χ4n) is 2.60. The summed E-state index contributed by atoms with van der Waals surface area (Å²) in [6.45, 7) is 0. The minimum Gasteiger partial charge on any atom is -0.478 e. The lowest BCUT2D eigenvalue weighted by molar-refractivity contribution is 0.0695. The molecular formula is C12H12ClNO2. The number of nitrogens with zero attached hydrogens (tertiary/aromatic N) is 1. The fourth-order valence-corrected chi connectivity index (χ4v) is 2.89. The Morgan fingerprint density at radius 3 is 2.75 bits per heavy atom. The standard InChI is InChI=1S/C12H12ClNO2/c13-11-10(12(15)16)9(6-4-5-6)7-2-1-3-8(7)14-11/h6H,1-5H2,(H,15,16). The van der Waals surface area contributed by atoms with Crippen LogP contribution >= 0.6 is 11.6 Å². The Bertz CT molecular complexity index is 480. The van der Waals surface area contributed by atoms with Crippen molar-refractivity contribution in [1.29, 1.82) is 0 Å². The molecule has 0 amide bonds. The molecule has 84 valence electrons. The molecule has 1 aromatic rings. The molecule has 1 fully saturated rings. The van der Waals surface area contributed by atoms with Crippen LogP contribution in [0.25, 0.3) is 0 Å². The maximum Gasteiger partial charge on any atom is 0.339 e. The van der Waals surface area contributed by atoms with E-state index < -0.39 is 5.97 Å². The summed E-state index contributed by atoms with van der Waals surface area (Å²) in [4.78, 5) is 15.5. The molecule has 16 heavy (non-hydrogen) atoms. The predicted octanol–water partition coefficient (Wildman–Crippen LogP) is 2.80. The van der Waals surface area contributed by atoms with Crippen LogP contribution in [0.1, 0.15) is 52.4 Å². The lowest BCUT2D eigenvalue weighted by Gasteiger charge is -2.12. The molecule has 0 bridgehead atoms. The molecule has 0 radical (unpaired) electrons. The SMILES string of the molecule is O=C(O)c1c(Cl)nc2c(c1C1CC1)CCC2. The van der Waals surface area contributed by atoms with Gasteiger partial charge in [0.2, 0.25) is 0 Å². The first-order valence-corrected chi connectivity index (χ1v) is 6.00. The van der Waals surface area contributed by atoms with Gasteiger partial charge in [0, 0.05) is 5.69 Å². The number of hydrogen-bond acceptors (Lipinski definition) is 2. The van der Waals surface area contributed by atoms with Gasteiger partial charge in [0.15, 0.2) is 0 Å². The topological polar surface area (TPSA) is 50.2 Å². The van der Waals surface area contributed by atoms with Crippen molar-refractivity contribution in [3.05, 3.63) is 27.5 Å². The first kappa shape index (κ1) is 10.1. The minimum atomic E-state index is -0.936. The van der Waals surface area contributed by atoms with Gasteiger partial charge in [-0.25, -0.2) is 9.78 Å². The van der Waals surface area contributed by atoms with Crippen LogP contribution < -0.4 is 0 Å². The smallest absolute Gasteiger partial charge is 0.339 e. The number of pyridine rings is 1. The number of rotatable bonds is 2. The minimum absolute atomic E-state index is 0.176. The van der Waals surface area contributed by atoms with E-state index in [-0.39, 0.29) is 10.7 Å². The molecule has 3 nitrogen and oxygen atoms in total. The quantitative estimate of drug-likeness (QED) is 0.805. The van der Waals surface area contributed by atoms with Crippen molar-refractivity contribution in [3.63, 3.8) is 0 Å². The molecule has 1 aromatic heterocycles. The highest BCUT2D eigenvalue weighted by atomic mass is 35.5. The van der Waals surface area contributed by atoms with Crippen LogP contribution in [0.3, 0.4) is 0 Å². The Morgan fingerprint density at radius 1 is 1.38 bits per heavy atom. The zero-order chi connectivity index (χ0) is 11.3. The van der Waals surface area contributed by atoms with E-state index in [1.807, 2.05) is 0 Å². The number of carboxylic acid groups (broad SMARTS) is 1. The van der Waals surface area contributed by atoms with E-state index in [2.05, 4.69) is 4.98 Å². The van der Waals surface area contributed by atoms with Crippen molar-refractivity contribution in [2.45, 2.75) is 38.0 Å². The van der Waals surface area contributed by atoms with Crippen molar-refractivity contribution >= 4 is 17.6 Å². The zero-order valence-electron chi connectivity index (χ0n) is 8.79. The van der Waals surface area contributed by atoms with Gasteiger partial charge >= 0.3 is 5.97 Å². The molecule has 0 aromatic carbocycles. The molecule has 1 saturated carbocycles. The Hall–Kier alpha value is -1.09. The summed E-state index contributed by atoms with van der Waals surface area (Å²) in [5.41, 5.74) is 3.44. The van der Waals surface area contributed by atoms with Crippen LogP contribution in [0.15, 0.2) is 0 Å². The average Bonchev–Trinajstić information content (AvgIpc) is 2.95. The van der Waals surface area contributed by atoms with Gasteiger partial charge in [-0.2, -0.15) is 0 Å². The molecule has 2 aliphatic rings. The number of carbonyl (C=O) groups is 1. The molecule has 0 aliphatic heterocycles. The predicted molar refractivity (Wildman–Crippen MR) is 60.2 cm³/mol. The Kier molecular flexibility index (Phi) is 2.18. The third kappa shape index (κ3) is 1.42. The highest BCUT2D eigenvalue weighted by molar-refractivity contribution is 6.32. The van der Waals surface area contributed by atoms with Gasteiger partial charge in [-0.1, -0.05) is 11.6 Å². The summed E-state index contributed by atoms with van der Waals surface area (Å²) >= 11 is 5.99. The molecule has 0 atom stereocenters. The molecule has 0 spiro atoms. The summed E-state index contributed by atoms with van der Waals surface area (Å²) in [5, 5.41) is 9.41. The van der Waals surface area contributed by atoms with Crippen LogP contribution in [0.2, 0.25) is 5.15 Å². The van der Waals surface area contributed by atoms with E-state index in [4.69, 9.17) is 11.6 Å². The molecular weight excluding hydrogens is 226 g/mol. The summed E-state index contributed by atoms with van der Waals surface area (Å²) < 4.78 is 0. The number of aromatic carboxylic acids is 1. The van der Waals surface area contributed by atoms with Crippen LogP contribution in [0.5, 0.6) is 0 Å². The maximum atomic E-state index is 11.3. The van der Waals surface area contributed by atoms with Crippen molar-refractivity contribution in [2.75, 3.05) is 0 Å². The van der Waals surface area contributed by atoms with Crippen LogP contribution in [-0.2, 0) is 12.8 Å². The second kappa shape index (κ2) is 3.45. The van der Waals surface area contributed by atoms with Gasteiger partial charge in [-0.05, 0) is 49.1 Å². The van der Waals surface area contributed by atoms with Gasteiger partial charge < -0.3 is 5.11 Å². The van der Waals surface area contributed by atoms with Gasteiger partial charge in [0.1, 0.15) is 10.7 Å². The normalized spacial score (nSPS) is 18.6. The summed E-state index contributed by atoms with van der Waals surface area (Å²) in [6.07, 6.45) is 5.15. The molecule has 0 unspecified atom stereocenters. The van der Waals surface area contributed by atoms with Crippen LogP contribution in [0.4, 0.5) is 0 Å². The molecule has 3 rings (SSSR count). The summed E-state index contributed by atoms with van der Waals surface area (Å²) in [7, 11) is 0. The van der Waals surface area contributed by atoms with Crippen LogP contribution in [-0.4, -0.2) is 16.1 Å². The monoisotopic (exact) mass is 237 g/mol. The lowest BCUT2D eigenvalue weighted by atomic mass is 9.98. The van der Waals surface area contributed by atoms with E-state index in [1.54, 1.807) is 0 Å². The Labute approximate surface area is 98.5 Å². The largest absolute Gasteiger partial charge is 0.478 e. The van der Waals surface area contributed by atoms with Crippen molar-refractivity contribution < 1.29 is 9.90 Å². The van der Waals surface area contributed by atoms with E-state index >= 15 is 0 Å². The lowest BCUT2D eigenvalue weighted by Crippen LogP contribution is -2.09. The first-order chi connectivity index (χ1) is 7.68. The van der Waals surface area contributed by atoms with Crippen molar-refractivity contribution in [1.82, 2.24) is 4.98 Å². The van der Waals surface area contributed by atoms with E-state index in [0.29, 0.717) is 5.92 Å². The molecule has 4 heteroatoms. The Balaban J connectivity index is 2.26. The highest BCUT2D eigenvalue weighted by Crippen LogP contribution is 2.46. The number of aryl methyl sites for hydroxylation is 1. The second-order valence-electron chi connectivity index (χ2n) is 4.55. The zero-order valence-corrected chi connectivity index (χ0v) is 9.55. The summed E-state index contributed by atoms with van der Waals surface area (Å²) in [5.74, 6) is -0.521. The van der Waals surface area contributed by atoms with Crippen LogP contribution in [0, 0.1) is 0 Å². The third-order valence-electron chi connectivity index (χ3n) is 3.42. The number of hydrogen-bond donors (Lipinski definition) is 1. The molecule has 1 heterocycles. The average molecular weight is 238 g/mol. The highest BCUT2D eigenvalue weighted by Gasteiger charge is 2.35. The van der Waals surface area contributed by atoms with Gasteiger partial charge in [0.05, 0.1) is 0 Å². The molecule has 0 saturated heterocycles. The van der Waals surface area contributed by atoms with E-state index in [9.17, 15) is 9.90 Å². The second-order valence-corrected chi connectivity index (χ2v) is 4.91. The third-order valence-corrected chi connectivity index (χ3v) is 3.70. The number of fused-ring (bicyclic) bond motifs is 1. The van der Waals surface area contributed by atoms with Gasteiger partial charge in [0.25, 0.3) is 0 Å².